The zero-order valence-corrected chi connectivity index (χ0v) is 18.7. The highest BCUT2D eigenvalue weighted by Crippen LogP contribution is 2.33. The molecule has 0 atom stereocenters. The number of benzene rings is 3. The number of amides is 2. The number of anilines is 2. The maximum Gasteiger partial charge on any atom is 0.259 e. The number of hydrogen-bond acceptors (Lipinski definition) is 5. The number of aryl methyl sites for hydroxylation is 2. The first-order valence-electron chi connectivity index (χ1n) is 9.97. The van der Waals surface area contributed by atoms with Crippen molar-refractivity contribution in [3.05, 3.63) is 76.9 Å². The van der Waals surface area contributed by atoms with Crippen molar-refractivity contribution in [2.24, 2.45) is 0 Å². The van der Waals surface area contributed by atoms with Crippen molar-refractivity contribution < 1.29 is 23.8 Å². The van der Waals surface area contributed by atoms with E-state index in [0.717, 1.165) is 11.1 Å². The minimum absolute atomic E-state index is 0.253. The first-order chi connectivity index (χ1) is 15.4. The molecule has 0 fully saturated rings. The van der Waals surface area contributed by atoms with Gasteiger partial charge in [0.15, 0.2) is 5.75 Å². The van der Waals surface area contributed by atoms with E-state index in [4.69, 9.17) is 14.2 Å². The lowest BCUT2D eigenvalue weighted by Crippen LogP contribution is -2.18. The second kappa shape index (κ2) is 9.87. The first-order valence-corrected chi connectivity index (χ1v) is 9.97. The molecule has 2 amide bonds. The smallest absolute Gasteiger partial charge is 0.259 e. The number of nitrogens with one attached hydrogen (secondary N) is 2. The Kier molecular flexibility index (Phi) is 7.00. The molecule has 0 spiro atoms. The van der Waals surface area contributed by atoms with Crippen LogP contribution in [0, 0.1) is 13.8 Å². The van der Waals surface area contributed by atoms with E-state index in [9.17, 15) is 9.59 Å². The van der Waals surface area contributed by atoms with E-state index < -0.39 is 5.91 Å². The van der Waals surface area contributed by atoms with Crippen molar-refractivity contribution in [1.82, 2.24) is 0 Å². The van der Waals surface area contributed by atoms with Gasteiger partial charge < -0.3 is 24.8 Å². The van der Waals surface area contributed by atoms with Gasteiger partial charge in [-0.2, -0.15) is 0 Å². The fourth-order valence-electron chi connectivity index (χ4n) is 3.38. The molecule has 32 heavy (non-hydrogen) atoms. The molecule has 3 aromatic rings. The predicted molar refractivity (Wildman–Crippen MR) is 124 cm³/mol. The standard InChI is InChI=1S/C25H26N2O5/c1-15-10-11-21(30-3)17(12-15)24(28)27-20-14-16(2)13-18(23(20)32-5)25(29)26-19-8-6-7-9-22(19)31-4/h6-14H,1-5H3,(H,26,29)(H,27,28). The second-order valence-electron chi connectivity index (χ2n) is 7.21. The Hall–Kier alpha value is -4.00. The minimum Gasteiger partial charge on any atom is -0.496 e. The molecular weight excluding hydrogens is 408 g/mol. The van der Waals surface area contributed by atoms with Gasteiger partial charge in [-0.3, -0.25) is 9.59 Å². The third-order valence-electron chi connectivity index (χ3n) is 4.88. The summed E-state index contributed by atoms with van der Waals surface area (Å²) in [5.74, 6) is 0.480. The summed E-state index contributed by atoms with van der Waals surface area (Å²) in [5.41, 5.74) is 3.28. The molecule has 0 aliphatic carbocycles. The first kappa shape index (κ1) is 22.7. The van der Waals surface area contributed by atoms with Crippen LogP contribution in [0.2, 0.25) is 0 Å². The van der Waals surface area contributed by atoms with E-state index >= 15 is 0 Å². The summed E-state index contributed by atoms with van der Waals surface area (Å²) in [5, 5.41) is 5.69. The summed E-state index contributed by atoms with van der Waals surface area (Å²) < 4.78 is 16.2. The molecule has 0 radical (unpaired) electrons. The summed E-state index contributed by atoms with van der Waals surface area (Å²) in [6.07, 6.45) is 0. The Balaban J connectivity index is 1.96. The van der Waals surface area contributed by atoms with Crippen molar-refractivity contribution in [1.29, 1.82) is 0 Å². The third kappa shape index (κ3) is 4.83. The number of rotatable bonds is 7. The summed E-state index contributed by atoms with van der Waals surface area (Å²) in [4.78, 5) is 26.1. The number of carbonyl (C=O) groups excluding carboxylic acids is 2. The number of hydrogen-bond donors (Lipinski definition) is 2. The van der Waals surface area contributed by atoms with Gasteiger partial charge in [-0.05, 0) is 55.8 Å². The zero-order chi connectivity index (χ0) is 23.3. The average molecular weight is 434 g/mol. The van der Waals surface area contributed by atoms with Crippen LogP contribution in [0.25, 0.3) is 0 Å². The van der Waals surface area contributed by atoms with Gasteiger partial charge in [0.25, 0.3) is 11.8 Å². The minimum atomic E-state index is -0.390. The molecule has 0 saturated heterocycles. The Morgan fingerprint density at radius 2 is 1.28 bits per heavy atom. The molecule has 3 rings (SSSR count). The molecule has 7 heteroatoms. The van der Waals surface area contributed by atoms with Gasteiger partial charge in [-0.1, -0.05) is 23.8 Å². The second-order valence-corrected chi connectivity index (χ2v) is 7.21. The topological polar surface area (TPSA) is 85.9 Å². The lowest BCUT2D eigenvalue weighted by atomic mass is 10.1. The number of para-hydroxylation sites is 2. The normalized spacial score (nSPS) is 10.3. The number of ether oxygens (including phenoxy) is 3. The SMILES string of the molecule is COc1ccccc1NC(=O)c1cc(C)cc(NC(=O)c2cc(C)ccc2OC)c1OC. The van der Waals surface area contributed by atoms with Crippen molar-refractivity contribution >= 4 is 23.2 Å². The molecule has 0 bridgehead atoms. The molecule has 0 aliphatic heterocycles. The van der Waals surface area contributed by atoms with Crippen LogP contribution in [0.1, 0.15) is 31.8 Å². The maximum absolute atomic E-state index is 13.1. The number of carbonyl (C=O) groups is 2. The Morgan fingerprint density at radius 1 is 0.656 bits per heavy atom. The lowest BCUT2D eigenvalue weighted by molar-refractivity contribution is 0.101. The van der Waals surface area contributed by atoms with Crippen LogP contribution in [-0.4, -0.2) is 33.1 Å². The molecule has 0 unspecified atom stereocenters. The van der Waals surface area contributed by atoms with Gasteiger partial charge in [-0.25, -0.2) is 0 Å². The van der Waals surface area contributed by atoms with Crippen molar-refractivity contribution in [2.75, 3.05) is 32.0 Å². The monoisotopic (exact) mass is 434 g/mol. The predicted octanol–water partition coefficient (Wildman–Crippen LogP) is 4.83. The molecule has 7 nitrogen and oxygen atoms in total. The van der Waals surface area contributed by atoms with Crippen LogP contribution in [0.3, 0.4) is 0 Å². The molecule has 0 heterocycles. The molecule has 3 aromatic carbocycles. The lowest BCUT2D eigenvalue weighted by Gasteiger charge is -2.17. The fourth-order valence-corrected chi connectivity index (χ4v) is 3.38. The van der Waals surface area contributed by atoms with Crippen LogP contribution in [0.15, 0.2) is 54.6 Å². The Morgan fingerprint density at radius 3 is 1.97 bits per heavy atom. The average Bonchev–Trinajstić information content (AvgIpc) is 2.79. The van der Waals surface area contributed by atoms with Crippen LogP contribution in [0.4, 0.5) is 11.4 Å². The van der Waals surface area contributed by atoms with E-state index in [1.54, 1.807) is 42.5 Å². The largest absolute Gasteiger partial charge is 0.496 e. The van der Waals surface area contributed by atoms with Crippen molar-refractivity contribution in [2.45, 2.75) is 13.8 Å². The highest BCUT2D eigenvalue weighted by Gasteiger charge is 2.21. The highest BCUT2D eigenvalue weighted by atomic mass is 16.5. The summed E-state index contributed by atoms with van der Waals surface area (Å²) >= 11 is 0. The van der Waals surface area contributed by atoms with Gasteiger partial charge in [-0.15, -0.1) is 0 Å². The molecular formula is C25H26N2O5. The van der Waals surface area contributed by atoms with Crippen molar-refractivity contribution in [3.63, 3.8) is 0 Å². The van der Waals surface area contributed by atoms with Gasteiger partial charge in [0, 0.05) is 0 Å². The van der Waals surface area contributed by atoms with Gasteiger partial charge in [0.1, 0.15) is 11.5 Å². The molecule has 2 N–H and O–H groups in total. The molecule has 0 aromatic heterocycles. The van der Waals surface area contributed by atoms with Gasteiger partial charge in [0.2, 0.25) is 0 Å². The molecule has 0 saturated carbocycles. The fraction of sp³-hybridized carbons (Fsp3) is 0.200. The van der Waals surface area contributed by atoms with E-state index in [1.807, 2.05) is 26.0 Å². The van der Waals surface area contributed by atoms with Crippen LogP contribution >= 0.6 is 0 Å². The van der Waals surface area contributed by atoms with Crippen molar-refractivity contribution in [3.8, 4) is 17.2 Å². The Labute approximate surface area is 187 Å². The van der Waals surface area contributed by atoms with Gasteiger partial charge in [0.05, 0.1) is 43.8 Å². The van der Waals surface area contributed by atoms with Crippen LogP contribution in [0.5, 0.6) is 17.2 Å². The third-order valence-corrected chi connectivity index (χ3v) is 4.88. The van der Waals surface area contributed by atoms with Crippen LogP contribution in [-0.2, 0) is 0 Å². The van der Waals surface area contributed by atoms with E-state index in [1.165, 1.54) is 21.3 Å². The van der Waals surface area contributed by atoms with E-state index in [0.29, 0.717) is 28.4 Å². The van der Waals surface area contributed by atoms with E-state index in [2.05, 4.69) is 10.6 Å². The van der Waals surface area contributed by atoms with E-state index in [-0.39, 0.29) is 17.2 Å². The molecule has 0 aliphatic rings. The zero-order valence-electron chi connectivity index (χ0n) is 18.7. The summed E-state index contributed by atoms with van der Waals surface area (Å²) in [6, 6.07) is 15.9. The summed E-state index contributed by atoms with van der Waals surface area (Å²) in [7, 11) is 4.49. The van der Waals surface area contributed by atoms with Crippen LogP contribution < -0.4 is 24.8 Å². The highest BCUT2D eigenvalue weighted by molar-refractivity contribution is 6.11. The molecule has 166 valence electrons. The van der Waals surface area contributed by atoms with Gasteiger partial charge >= 0.3 is 0 Å². The Bertz CT molecular complexity index is 1160. The number of methoxy groups -OCH3 is 3. The quantitative estimate of drug-likeness (QED) is 0.556. The maximum atomic E-state index is 13.1. The summed E-state index contributed by atoms with van der Waals surface area (Å²) in [6.45, 7) is 3.73.